The average Bonchev–Trinajstić information content (AvgIpc) is 3.48. The van der Waals surface area contributed by atoms with Crippen LogP contribution in [-0.4, -0.2) is 54.0 Å². The minimum Gasteiger partial charge on any atom is -0.501 e. The number of rotatable bonds is 5. The summed E-state index contributed by atoms with van der Waals surface area (Å²) in [4.78, 5) is 37.2. The number of amides is 1. The first kappa shape index (κ1) is 23.7. The van der Waals surface area contributed by atoms with Gasteiger partial charge in [-0.3, -0.25) is 9.59 Å². The molecule has 1 aromatic carbocycles. The molecule has 4 aromatic rings. The molecule has 0 radical (unpaired) electrons. The maximum atomic E-state index is 13.3. The SMILES string of the molecule is C=C1CN(C(=O)Cn2ccn3c(=O)c(O)c(-c4ncc(C(C)c5ccc(F)cc5)s4)nc23)C[C@H](C)O1. The summed E-state index contributed by atoms with van der Waals surface area (Å²) in [5.74, 6) is -0.340. The molecule has 36 heavy (non-hydrogen) atoms. The second-order valence-corrected chi connectivity index (χ2v) is 9.85. The molecule has 1 amide bonds. The molecule has 1 saturated heterocycles. The molecule has 0 aliphatic carbocycles. The van der Waals surface area contributed by atoms with Crippen LogP contribution >= 0.6 is 11.3 Å². The van der Waals surface area contributed by atoms with Crippen LogP contribution in [0.5, 0.6) is 5.75 Å². The molecule has 0 bridgehead atoms. The van der Waals surface area contributed by atoms with E-state index >= 15 is 0 Å². The summed E-state index contributed by atoms with van der Waals surface area (Å²) >= 11 is 1.29. The predicted octanol–water partition coefficient (Wildman–Crippen LogP) is 3.38. The fourth-order valence-corrected chi connectivity index (χ4v) is 5.22. The average molecular weight is 510 g/mol. The molecule has 1 fully saturated rings. The van der Waals surface area contributed by atoms with E-state index in [1.54, 1.807) is 34.0 Å². The van der Waals surface area contributed by atoms with Gasteiger partial charge in [0.15, 0.2) is 5.69 Å². The van der Waals surface area contributed by atoms with Crippen molar-refractivity contribution in [3.63, 3.8) is 0 Å². The van der Waals surface area contributed by atoms with Crippen molar-refractivity contribution >= 4 is 23.0 Å². The zero-order valence-corrected chi connectivity index (χ0v) is 20.5. The van der Waals surface area contributed by atoms with Crippen molar-refractivity contribution in [2.75, 3.05) is 13.1 Å². The lowest BCUT2D eigenvalue weighted by molar-refractivity contribution is -0.135. The van der Waals surface area contributed by atoms with E-state index in [4.69, 9.17) is 4.74 Å². The number of nitrogens with zero attached hydrogens (tertiary/aromatic N) is 5. The molecule has 2 atom stereocenters. The lowest BCUT2D eigenvalue weighted by atomic mass is 10.0. The third kappa shape index (κ3) is 4.37. The van der Waals surface area contributed by atoms with Crippen molar-refractivity contribution in [2.45, 2.75) is 32.4 Å². The number of fused-ring (bicyclic) bond motifs is 1. The van der Waals surface area contributed by atoms with Crippen LogP contribution in [0.15, 0.2) is 60.0 Å². The number of halogens is 1. The number of hydrogen-bond acceptors (Lipinski definition) is 7. The van der Waals surface area contributed by atoms with E-state index in [0.717, 1.165) is 10.4 Å². The minimum absolute atomic E-state index is 0.0438. The Kier molecular flexibility index (Phi) is 6.09. The Hall–Kier alpha value is -3.99. The number of morpholine rings is 1. The van der Waals surface area contributed by atoms with Gasteiger partial charge in [0.05, 0.1) is 13.1 Å². The number of aromatic hydroxyl groups is 1. The first-order chi connectivity index (χ1) is 17.2. The quantitative estimate of drug-likeness (QED) is 0.443. The van der Waals surface area contributed by atoms with E-state index in [0.29, 0.717) is 23.9 Å². The van der Waals surface area contributed by atoms with E-state index in [1.165, 1.54) is 34.1 Å². The topological polar surface area (TPSA) is 102 Å². The zero-order chi connectivity index (χ0) is 25.6. The van der Waals surface area contributed by atoms with Gasteiger partial charge >= 0.3 is 5.56 Å². The van der Waals surface area contributed by atoms with E-state index < -0.39 is 11.3 Å². The van der Waals surface area contributed by atoms with Crippen LogP contribution in [-0.2, 0) is 16.1 Å². The number of benzene rings is 1. The largest absolute Gasteiger partial charge is 0.501 e. The normalized spacial score (nSPS) is 16.8. The third-order valence-corrected chi connectivity index (χ3v) is 7.31. The number of thiazole rings is 1. The second kappa shape index (κ2) is 9.23. The highest BCUT2D eigenvalue weighted by molar-refractivity contribution is 7.15. The molecule has 9 nitrogen and oxygen atoms in total. The van der Waals surface area contributed by atoms with Crippen molar-refractivity contribution in [3.8, 4) is 16.5 Å². The van der Waals surface area contributed by atoms with Crippen LogP contribution in [0, 0.1) is 5.82 Å². The Morgan fingerprint density at radius 2 is 2.08 bits per heavy atom. The summed E-state index contributed by atoms with van der Waals surface area (Å²) in [6, 6.07) is 6.22. The van der Waals surface area contributed by atoms with Crippen LogP contribution in [0.2, 0.25) is 0 Å². The molecule has 1 N–H and O–H groups in total. The number of carbonyl (C=O) groups is 1. The lowest BCUT2D eigenvalue weighted by Crippen LogP contribution is -2.44. The van der Waals surface area contributed by atoms with Gasteiger partial charge in [0.2, 0.25) is 17.4 Å². The van der Waals surface area contributed by atoms with Gasteiger partial charge < -0.3 is 19.3 Å². The van der Waals surface area contributed by atoms with Crippen molar-refractivity contribution in [1.29, 1.82) is 0 Å². The molecule has 5 rings (SSSR count). The number of aromatic nitrogens is 4. The number of ether oxygens (including phenoxy) is 1. The van der Waals surface area contributed by atoms with Crippen LogP contribution in [0.3, 0.4) is 0 Å². The fraction of sp³-hybridized carbons (Fsp3) is 0.280. The number of hydrogen-bond donors (Lipinski definition) is 1. The van der Waals surface area contributed by atoms with E-state index in [9.17, 15) is 19.1 Å². The summed E-state index contributed by atoms with van der Waals surface area (Å²) in [6.45, 7) is 8.34. The van der Waals surface area contributed by atoms with Gasteiger partial charge in [0, 0.05) is 29.4 Å². The Bertz CT molecular complexity index is 1520. The molecule has 1 unspecified atom stereocenters. The summed E-state index contributed by atoms with van der Waals surface area (Å²) < 4.78 is 21.6. The van der Waals surface area contributed by atoms with E-state index in [-0.39, 0.29) is 41.8 Å². The molecular formula is C25H24FN5O4S. The van der Waals surface area contributed by atoms with Crippen molar-refractivity contribution < 1.29 is 19.0 Å². The zero-order valence-electron chi connectivity index (χ0n) is 19.7. The monoisotopic (exact) mass is 509 g/mol. The van der Waals surface area contributed by atoms with Gasteiger partial charge in [-0.2, -0.15) is 0 Å². The standard InChI is InChI=1S/C25H24FN5O4S/c1-14-11-30(12-15(2)35-14)20(32)13-29-8-9-31-24(34)22(33)21(28-25(29)31)23-27-10-19(36-23)16(3)17-4-6-18(26)7-5-17/h4-10,15-16,33H,1,11-13H2,2-3H3/t15-,16?/m0/s1. The van der Waals surface area contributed by atoms with Crippen molar-refractivity contribution in [3.05, 3.63) is 81.8 Å². The fourth-order valence-electron chi connectivity index (χ4n) is 4.23. The molecule has 186 valence electrons. The Morgan fingerprint density at radius 3 is 2.81 bits per heavy atom. The van der Waals surface area contributed by atoms with Gasteiger partial charge in [-0.15, -0.1) is 11.3 Å². The summed E-state index contributed by atoms with van der Waals surface area (Å²) in [5, 5.41) is 11.0. The summed E-state index contributed by atoms with van der Waals surface area (Å²) in [6.07, 6.45) is 4.54. The highest BCUT2D eigenvalue weighted by Gasteiger charge is 2.26. The second-order valence-electron chi connectivity index (χ2n) is 8.79. The van der Waals surface area contributed by atoms with Crippen LogP contribution in [0.4, 0.5) is 4.39 Å². The molecule has 0 spiro atoms. The summed E-state index contributed by atoms with van der Waals surface area (Å²) in [7, 11) is 0. The highest BCUT2D eigenvalue weighted by atomic mass is 32.1. The third-order valence-electron chi connectivity index (χ3n) is 6.12. The minimum atomic E-state index is -0.655. The molecule has 4 heterocycles. The lowest BCUT2D eigenvalue weighted by Gasteiger charge is -2.33. The van der Waals surface area contributed by atoms with Gasteiger partial charge in [0.1, 0.15) is 29.2 Å². The van der Waals surface area contributed by atoms with E-state index in [2.05, 4.69) is 16.5 Å². The first-order valence-electron chi connectivity index (χ1n) is 11.4. The molecular weight excluding hydrogens is 485 g/mol. The Labute approximate surface area is 209 Å². The highest BCUT2D eigenvalue weighted by Crippen LogP contribution is 2.34. The molecule has 0 saturated carbocycles. The number of imidazole rings is 1. The molecule has 1 aliphatic heterocycles. The van der Waals surface area contributed by atoms with Gasteiger partial charge in [0.25, 0.3) is 0 Å². The summed E-state index contributed by atoms with van der Waals surface area (Å²) in [5.41, 5.74) is 0.299. The van der Waals surface area contributed by atoms with Gasteiger partial charge in [-0.05, 0) is 24.6 Å². The van der Waals surface area contributed by atoms with Crippen LogP contribution in [0.25, 0.3) is 16.5 Å². The smallest absolute Gasteiger partial charge is 0.302 e. The predicted molar refractivity (Wildman–Crippen MR) is 132 cm³/mol. The maximum Gasteiger partial charge on any atom is 0.302 e. The maximum absolute atomic E-state index is 13.3. The Balaban J connectivity index is 1.46. The van der Waals surface area contributed by atoms with Gasteiger partial charge in [-0.25, -0.2) is 18.8 Å². The molecule has 3 aromatic heterocycles. The van der Waals surface area contributed by atoms with Gasteiger partial charge in [-0.1, -0.05) is 25.6 Å². The van der Waals surface area contributed by atoms with Crippen LogP contribution < -0.4 is 5.56 Å². The molecule has 11 heteroatoms. The Morgan fingerprint density at radius 1 is 1.33 bits per heavy atom. The van der Waals surface area contributed by atoms with Crippen LogP contribution in [0.1, 0.15) is 30.2 Å². The van der Waals surface area contributed by atoms with E-state index in [1.807, 2.05) is 13.8 Å². The molecule has 1 aliphatic rings. The first-order valence-corrected chi connectivity index (χ1v) is 12.2. The number of carbonyl (C=O) groups excluding carboxylic acids is 1. The van der Waals surface area contributed by atoms with Crippen molar-refractivity contribution in [1.82, 2.24) is 23.8 Å². The van der Waals surface area contributed by atoms with Crippen molar-refractivity contribution in [2.24, 2.45) is 0 Å².